The van der Waals surface area contributed by atoms with Crippen molar-refractivity contribution in [2.75, 3.05) is 31.6 Å². The summed E-state index contributed by atoms with van der Waals surface area (Å²) in [6.07, 6.45) is 1.90. The normalized spacial score (nSPS) is 16.3. The van der Waals surface area contributed by atoms with Gasteiger partial charge in [0.25, 0.3) is 0 Å². The summed E-state index contributed by atoms with van der Waals surface area (Å²) in [5.74, 6) is 0.625. The molecule has 1 aliphatic heterocycles. The van der Waals surface area contributed by atoms with Crippen LogP contribution < -0.4 is 4.90 Å². The first-order valence-electron chi connectivity index (χ1n) is 8.50. The summed E-state index contributed by atoms with van der Waals surface area (Å²) in [5, 5.41) is 0. The second-order valence-corrected chi connectivity index (χ2v) is 7.63. The van der Waals surface area contributed by atoms with Crippen molar-refractivity contribution >= 4 is 11.8 Å². The molecule has 2 rings (SSSR count). The maximum atomic E-state index is 12.1. The van der Waals surface area contributed by atoms with Gasteiger partial charge in [-0.2, -0.15) is 0 Å². The number of carbonyl (C=O) groups is 1. The van der Waals surface area contributed by atoms with Crippen molar-refractivity contribution in [1.29, 1.82) is 0 Å². The lowest BCUT2D eigenvalue weighted by Crippen LogP contribution is -2.43. The van der Waals surface area contributed by atoms with Gasteiger partial charge >= 0.3 is 6.09 Å². The number of carbonyl (C=O) groups excluding carboxylic acids is 1. The smallest absolute Gasteiger partial charge is 0.410 e. The van der Waals surface area contributed by atoms with Crippen LogP contribution in [0.1, 0.15) is 39.2 Å². The number of aryl methyl sites for hydroxylation is 1. The fraction of sp³-hybridized carbons (Fsp3) is 0.632. The van der Waals surface area contributed by atoms with Crippen molar-refractivity contribution in [2.45, 2.75) is 46.1 Å². The van der Waals surface area contributed by atoms with Crippen molar-refractivity contribution < 1.29 is 9.53 Å². The first kappa shape index (κ1) is 17.6. The molecule has 0 bridgehead atoms. The lowest BCUT2D eigenvalue weighted by atomic mass is 9.96. The molecule has 1 amide bonds. The fourth-order valence-electron chi connectivity index (χ4n) is 2.92. The molecule has 1 fully saturated rings. The Morgan fingerprint density at radius 1 is 1.22 bits per heavy atom. The predicted octanol–water partition coefficient (Wildman–Crippen LogP) is 4.08. The van der Waals surface area contributed by atoms with Crippen LogP contribution in [0.3, 0.4) is 0 Å². The molecule has 0 atom stereocenters. The van der Waals surface area contributed by atoms with Crippen LogP contribution in [0.25, 0.3) is 0 Å². The number of rotatable bonds is 3. The average molecular weight is 318 g/mol. The average Bonchev–Trinajstić information content (AvgIpc) is 2.46. The highest BCUT2D eigenvalue weighted by Crippen LogP contribution is 2.22. The number of ether oxygens (including phenoxy) is 1. The monoisotopic (exact) mass is 318 g/mol. The molecular weight excluding hydrogens is 288 g/mol. The fourth-order valence-corrected chi connectivity index (χ4v) is 2.92. The summed E-state index contributed by atoms with van der Waals surface area (Å²) >= 11 is 0. The van der Waals surface area contributed by atoms with Gasteiger partial charge in [-0.05, 0) is 58.6 Å². The lowest BCUT2D eigenvalue weighted by molar-refractivity contribution is 0.0186. The van der Waals surface area contributed by atoms with Crippen LogP contribution in [0.2, 0.25) is 0 Å². The van der Waals surface area contributed by atoms with Gasteiger partial charge in [-0.25, -0.2) is 4.79 Å². The molecule has 4 nitrogen and oxygen atoms in total. The van der Waals surface area contributed by atoms with Gasteiger partial charge in [0, 0.05) is 32.4 Å². The van der Waals surface area contributed by atoms with Crippen LogP contribution in [0.5, 0.6) is 0 Å². The van der Waals surface area contributed by atoms with Gasteiger partial charge in [-0.3, -0.25) is 0 Å². The van der Waals surface area contributed by atoms with Gasteiger partial charge < -0.3 is 14.5 Å². The summed E-state index contributed by atoms with van der Waals surface area (Å²) in [4.78, 5) is 16.2. The number of anilines is 1. The van der Waals surface area contributed by atoms with Gasteiger partial charge in [-0.15, -0.1) is 0 Å². The van der Waals surface area contributed by atoms with Gasteiger partial charge in [0.1, 0.15) is 5.60 Å². The van der Waals surface area contributed by atoms with E-state index >= 15 is 0 Å². The van der Waals surface area contributed by atoms with Crippen LogP contribution >= 0.6 is 0 Å². The van der Waals surface area contributed by atoms with Crippen LogP contribution in [-0.4, -0.2) is 43.3 Å². The number of hydrogen-bond donors (Lipinski definition) is 0. The molecule has 0 aliphatic carbocycles. The maximum Gasteiger partial charge on any atom is 0.410 e. The first-order valence-corrected chi connectivity index (χ1v) is 8.50. The number of piperidine rings is 1. The zero-order valence-corrected chi connectivity index (χ0v) is 15.1. The number of benzene rings is 1. The molecule has 0 aromatic heterocycles. The molecule has 23 heavy (non-hydrogen) atoms. The predicted molar refractivity (Wildman–Crippen MR) is 95.0 cm³/mol. The van der Waals surface area contributed by atoms with Crippen molar-refractivity contribution in [3.63, 3.8) is 0 Å². The number of likely N-dealkylation sites (tertiary alicyclic amines) is 1. The molecule has 0 radical (unpaired) electrons. The Bertz CT molecular complexity index is 511. The summed E-state index contributed by atoms with van der Waals surface area (Å²) in [6.45, 7) is 10.5. The van der Waals surface area contributed by atoms with E-state index in [1.54, 1.807) is 0 Å². The maximum absolute atomic E-state index is 12.1. The molecule has 1 aliphatic rings. The highest BCUT2D eigenvalue weighted by atomic mass is 16.6. The molecular formula is C19H30N2O2. The molecule has 1 aromatic carbocycles. The van der Waals surface area contributed by atoms with E-state index in [0.717, 1.165) is 32.5 Å². The van der Waals surface area contributed by atoms with Crippen molar-refractivity contribution in [3.05, 3.63) is 29.8 Å². The van der Waals surface area contributed by atoms with E-state index in [1.165, 1.54) is 11.3 Å². The highest BCUT2D eigenvalue weighted by molar-refractivity contribution is 5.68. The standard InChI is InChI=1S/C19H30N2O2/c1-15-6-8-17(9-7-15)20(5)14-16-10-12-21(13-11-16)18(22)23-19(2,3)4/h6-9,16H,10-14H2,1-5H3. The largest absolute Gasteiger partial charge is 0.444 e. The van der Waals surface area contributed by atoms with Crippen molar-refractivity contribution in [1.82, 2.24) is 4.90 Å². The molecule has 0 saturated carbocycles. The third kappa shape index (κ3) is 5.45. The van der Waals surface area contributed by atoms with E-state index in [9.17, 15) is 4.79 Å². The third-order valence-corrected chi connectivity index (χ3v) is 4.27. The van der Waals surface area contributed by atoms with Gasteiger partial charge in [0.05, 0.1) is 0 Å². The summed E-state index contributed by atoms with van der Waals surface area (Å²) < 4.78 is 5.45. The summed E-state index contributed by atoms with van der Waals surface area (Å²) in [6, 6.07) is 8.64. The Balaban J connectivity index is 1.80. The van der Waals surface area contributed by atoms with Crippen LogP contribution in [-0.2, 0) is 4.74 Å². The zero-order valence-electron chi connectivity index (χ0n) is 15.1. The zero-order chi connectivity index (χ0) is 17.0. The minimum atomic E-state index is -0.417. The molecule has 0 N–H and O–H groups in total. The van der Waals surface area contributed by atoms with E-state index < -0.39 is 5.60 Å². The third-order valence-electron chi connectivity index (χ3n) is 4.27. The molecule has 4 heteroatoms. The van der Waals surface area contributed by atoms with E-state index in [2.05, 4.69) is 43.1 Å². The second kappa shape index (κ2) is 7.24. The molecule has 128 valence electrons. The quantitative estimate of drug-likeness (QED) is 0.842. The SMILES string of the molecule is Cc1ccc(N(C)CC2CCN(C(=O)OC(C)(C)C)CC2)cc1. The highest BCUT2D eigenvalue weighted by Gasteiger charge is 2.27. The summed E-state index contributed by atoms with van der Waals surface area (Å²) in [5.41, 5.74) is 2.12. The van der Waals surface area contributed by atoms with Crippen molar-refractivity contribution in [2.24, 2.45) is 5.92 Å². The van der Waals surface area contributed by atoms with Gasteiger partial charge in [0.2, 0.25) is 0 Å². The molecule has 0 spiro atoms. The Labute approximate surface area is 140 Å². The van der Waals surface area contributed by atoms with Gasteiger partial charge in [0.15, 0.2) is 0 Å². The Kier molecular flexibility index (Phi) is 5.55. The first-order chi connectivity index (χ1) is 10.7. The van der Waals surface area contributed by atoms with Gasteiger partial charge in [-0.1, -0.05) is 17.7 Å². The van der Waals surface area contributed by atoms with E-state index in [0.29, 0.717) is 5.92 Å². The summed E-state index contributed by atoms with van der Waals surface area (Å²) in [7, 11) is 2.14. The van der Waals surface area contributed by atoms with E-state index in [-0.39, 0.29) is 6.09 Å². The Morgan fingerprint density at radius 2 is 1.78 bits per heavy atom. The van der Waals surface area contributed by atoms with Crippen molar-refractivity contribution in [3.8, 4) is 0 Å². The number of hydrogen-bond acceptors (Lipinski definition) is 3. The molecule has 1 heterocycles. The molecule has 1 aromatic rings. The van der Waals surface area contributed by atoms with E-state index in [4.69, 9.17) is 4.74 Å². The van der Waals surface area contributed by atoms with E-state index in [1.807, 2.05) is 25.7 Å². The number of amides is 1. The minimum Gasteiger partial charge on any atom is -0.444 e. The van der Waals surface area contributed by atoms with Crippen LogP contribution in [0.4, 0.5) is 10.5 Å². The number of nitrogens with zero attached hydrogens (tertiary/aromatic N) is 2. The van der Waals surface area contributed by atoms with Crippen LogP contribution in [0.15, 0.2) is 24.3 Å². The Hall–Kier alpha value is -1.71. The molecule has 0 unspecified atom stereocenters. The second-order valence-electron chi connectivity index (χ2n) is 7.63. The topological polar surface area (TPSA) is 32.8 Å². The lowest BCUT2D eigenvalue weighted by Gasteiger charge is -2.35. The van der Waals surface area contributed by atoms with Crippen LogP contribution in [0, 0.1) is 12.8 Å². The minimum absolute atomic E-state index is 0.178. The molecule has 1 saturated heterocycles. The Morgan fingerprint density at radius 3 is 2.30 bits per heavy atom.